The van der Waals surface area contributed by atoms with Crippen LogP contribution < -0.4 is 0 Å². The number of aliphatic hydroxyl groups excluding tert-OH is 1. The molecule has 0 saturated carbocycles. The van der Waals surface area contributed by atoms with E-state index in [1.54, 1.807) is 6.08 Å². The van der Waals surface area contributed by atoms with Crippen LogP contribution in [0.5, 0.6) is 0 Å². The number of carbonyl (C=O) groups excluding carboxylic acids is 2. The van der Waals surface area contributed by atoms with Crippen molar-refractivity contribution in [3.8, 4) is 0 Å². The molecule has 0 aromatic carbocycles. The summed E-state index contributed by atoms with van der Waals surface area (Å²) in [6.45, 7) is 3.54. The minimum Gasteiger partial charge on any atom is -0.462 e. The second kappa shape index (κ2) is 37.3. The molecule has 0 unspecified atom stereocenters. The van der Waals surface area contributed by atoms with Crippen molar-refractivity contribution in [2.24, 2.45) is 0 Å². The fraction of sp³-hybridized carbons (Fsp3) is 0.762. The Hall–Kier alpha value is -2.03. The molecule has 0 fully saturated rings. The molecule has 0 rings (SSSR count). The number of aliphatic hydroxyl groups is 1. The molecule has 0 amide bonds. The van der Waals surface area contributed by atoms with Crippen LogP contribution in [0.4, 0.5) is 0 Å². The monoisotopic (exact) mass is 755 g/mol. The third kappa shape index (κ3) is 39.2. The number of hydrogen-bond acceptors (Lipinski definition) is 7. The van der Waals surface area contributed by atoms with Crippen molar-refractivity contribution in [1.29, 1.82) is 0 Å². The second-order valence-electron chi connectivity index (χ2n) is 13.8. The summed E-state index contributed by atoms with van der Waals surface area (Å²) < 4.78 is 26.3. The molecule has 0 aliphatic carbocycles. The molecule has 9 nitrogen and oxygen atoms in total. The first kappa shape index (κ1) is 50.0. The predicted octanol–water partition coefficient (Wildman–Crippen LogP) is 11.3. The molecule has 52 heavy (non-hydrogen) atoms. The van der Waals surface area contributed by atoms with Gasteiger partial charge in [0, 0.05) is 12.8 Å². The Morgan fingerprint density at radius 1 is 0.596 bits per heavy atom. The van der Waals surface area contributed by atoms with E-state index in [0.29, 0.717) is 32.1 Å². The van der Waals surface area contributed by atoms with Gasteiger partial charge in [-0.25, -0.2) is 4.57 Å². The van der Waals surface area contributed by atoms with Gasteiger partial charge in [0.2, 0.25) is 0 Å². The molecule has 0 bridgehead atoms. The quantitative estimate of drug-likeness (QED) is 0.0186. The topological polar surface area (TPSA) is 140 Å². The van der Waals surface area contributed by atoms with Gasteiger partial charge in [0.1, 0.15) is 6.61 Å². The van der Waals surface area contributed by atoms with Crippen LogP contribution in [0.1, 0.15) is 181 Å². The summed E-state index contributed by atoms with van der Waals surface area (Å²) in [7, 11) is -4.78. The highest BCUT2D eigenvalue weighted by atomic mass is 31.2. The van der Waals surface area contributed by atoms with Gasteiger partial charge < -0.3 is 24.4 Å². The number of ether oxygens (including phenoxy) is 2. The Morgan fingerprint density at radius 3 is 1.71 bits per heavy atom. The van der Waals surface area contributed by atoms with E-state index < -0.39 is 38.6 Å². The zero-order chi connectivity index (χ0) is 38.4. The van der Waals surface area contributed by atoms with Crippen LogP contribution in [0.2, 0.25) is 0 Å². The van der Waals surface area contributed by atoms with Crippen molar-refractivity contribution in [2.75, 3.05) is 13.2 Å². The van der Waals surface area contributed by atoms with Crippen LogP contribution in [-0.2, 0) is 28.2 Å². The van der Waals surface area contributed by atoms with Crippen molar-refractivity contribution in [2.45, 2.75) is 193 Å². The normalized spacial score (nSPS) is 13.6. The molecule has 3 N–H and O–H groups in total. The van der Waals surface area contributed by atoms with E-state index in [2.05, 4.69) is 24.4 Å². The molecule has 0 aliphatic heterocycles. The largest absolute Gasteiger partial charge is 0.469 e. The summed E-state index contributed by atoms with van der Waals surface area (Å²) in [4.78, 5) is 42.8. The van der Waals surface area contributed by atoms with E-state index in [9.17, 15) is 19.3 Å². The first-order valence-electron chi connectivity index (χ1n) is 20.5. The zero-order valence-corrected chi connectivity index (χ0v) is 33.7. The van der Waals surface area contributed by atoms with E-state index in [0.717, 1.165) is 25.7 Å². The van der Waals surface area contributed by atoms with Crippen LogP contribution >= 0.6 is 7.82 Å². The van der Waals surface area contributed by atoms with Crippen LogP contribution in [-0.4, -0.2) is 52.3 Å². The molecule has 302 valence electrons. The molecule has 0 saturated heterocycles. The number of rotatable bonds is 37. The SMILES string of the molecule is CCCCC/C=C\C=C/[C@H](O)C/C=C\C/C=C/CCCC(=O)O[C@H](COC(=O)CCCCCCCCCCCCCCCCCC)COP(=O)(O)O. The average Bonchev–Trinajstić information content (AvgIpc) is 3.11. The molecular weight excluding hydrogens is 679 g/mol. The summed E-state index contributed by atoms with van der Waals surface area (Å²) in [5, 5.41) is 10.0. The number of phosphoric ester groups is 1. The minimum atomic E-state index is -4.78. The van der Waals surface area contributed by atoms with Crippen molar-refractivity contribution in [3.63, 3.8) is 0 Å². The van der Waals surface area contributed by atoms with Crippen LogP contribution in [0.15, 0.2) is 48.6 Å². The van der Waals surface area contributed by atoms with Gasteiger partial charge in [-0.3, -0.25) is 14.1 Å². The molecule has 2 atom stereocenters. The third-order valence-corrected chi connectivity index (χ3v) is 9.17. The maximum absolute atomic E-state index is 12.4. The number of hydrogen-bond donors (Lipinski definition) is 3. The molecule has 0 heterocycles. The molecular formula is C42H75O9P. The average molecular weight is 755 g/mol. The highest BCUT2D eigenvalue weighted by Gasteiger charge is 2.22. The molecule has 0 spiro atoms. The van der Waals surface area contributed by atoms with Gasteiger partial charge in [0.25, 0.3) is 0 Å². The molecule has 0 aromatic heterocycles. The summed E-state index contributed by atoms with van der Waals surface area (Å²) in [6.07, 6.45) is 41.4. The lowest BCUT2D eigenvalue weighted by atomic mass is 10.0. The van der Waals surface area contributed by atoms with Gasteiger partial charge in [0.15, 0.2) is 6.10 Å². The van der Waals surface area contributed by atoms with E-state index in [1.807, 2.05) is 36.5 Å². The van der Waals surface area contributed by atoms with E-state index in [-0.39, 0.29) is 19.4 Å². The summed E-state index contributed by atoms with van der Waals surface area (Å²) in [6, 6.07) is 0. The van der Waals surface area contributed by atoms with Crippen LogP contribution in [0.25, 0.3) is 0 Å². The standard InChI is InChI=1S/C42H75O9P/c1-3-5-7-9-11-12-13-14-15-16-17-18-19-23-27-31-35-41(44)49-37-40(38-50-52(46,47)48)51-42(45)36-32-28-24-20-22-26-30-34-39(43)33-29-25-21-10-8-6-4-2/h20-21,24-26,29-30,33,39-40,43H,3-19,22-23,27-28,31-32,34-38H2,1-2H3,(H2,46,47,48)/b24-20+,25-21-,30-26-,33-29-/t39-,40+/m0/s1. The second-order valence-corrected chi connectivity index (χ2v) is 15.1. The Balaban J connectivity index is 4.08. The fourth-order valence-corrected chi connectivity index (χ4v) is 5.92. The maximum Gasteiger partial charge on any atom is 0.469 e. The number of esters is 2. The van der Waals surface area contributed by atoms with Gasteiger partial charge in [-0.15, -0.1) is 0 Å². The fourth-order valence-electron chi connectivity index (χ4n) is 5.56. The Bertz CT molecular complexity index is 1000. The van der Waals surface area contributed by atoms with E-state index >= 15 is 0 Å². The van der Waals surface area contributed by atoms with E-state index in [1.165, 1.54) is 96.3 Å². The van der Waals surface area contributed by atoms with Crippen LogP contribution in [0.3, 0.4) is 0 Å². The lowest BCUT2D eigenvalue weighted by Crippen LogP contribution is -2.29. The van der Waals surface area contributed by atoms with Crippen LogP contribution in [0, 0.1) is 0 Å². The number of allylic oxidation sites excluding steroid dienone is 6. The Kier molecular flexibility index (Phi) is 35.8. The number of carbonyl (C=O) groups is 2. The van der Waals surface area contributed by atoms with Gasteiger partial charge in [-0.1, -0.05) is 172 Å². The van der Waals surface area contributed by atoms with Crippen molar-refractivity contribution in [3.05, 3.63) is 48.6 Å². The van der Waals surface area contributed by atoms with Gasteiger partial charge in [0.05, 0.1) is 12.7 Å². The Morgan fingerprint density at radius 2 is 1.12 bits per heavy atom. The lowest BCUT2D eigenvalue weighted by Gasteiger charge is -2.18. The first-order valence-corrected chi connectivity index (χ1v) is 22.1. The maximum atomic E-state index is 12.4. The first-order chi connectivity index (χ1) is 25.2. The van der Waals surface area contributed by atoms with Crippen molar-refractivity contribution in [1.82, 2.24) is 0 Å². The van der Waals surface area contributed by atoms with Gasteiger partial charge in [-0.05, 0) is 44.9 Å². The van der Waals surface area contributed by atoms with E-state index in [4.69, 9.17) is 19.3 Å². The molecule has 0 aliphatic rings. The number of unbranched alkanes of at least 4 members (excludes halogenated alkanes) is 19. The summed E-state index contributed by atoms with van der Waals surface area (Å²) in [5.41, 5.74) is 0. The minimum absolute atomic E-state index is 0.102. The van der Waals surface area contributed by atoms with Gasteiger partial charge >= 0.3 is 19.8 Å². The molecule has 0 radical (unpaired) electrons. The summed E-state index contributed by atoms with van der Waals surface area (Å²) >= 11 is 0. The predicted molar refractivity (Wildman–Crippen MR) is 213 cm³/mol. The van der Waals surface area contributed by atoms with Gasteiger partial charge in [-0.2, -0.15) is 0 Å². The molecule has 0 aromatic rings. The van der Waals surface area contributed by atoms with Crippen molar-refractivity contribution >= 4 is 19.8 Å². The summed E-state index contributed by atoms with van der Waals surface area (Å²) in [5.74, 6) is -0.989. The highest BCUT2D eigenvalue weighted by Crippen LogP contribution is 2.36. The Labute approximate surface area is 317 Å². The zero-order valence-electron chi connectivity index (χ0n) is 32.8. The number of phosphoric acid groups is 1. The van der Waals surface area contributed by atoms with Crippen molar-refractivity contribution < 1.29 is 43.0 Å². The lowest BCUT2D eigenvalue weighted by molar-refractivity contribution is -0.161. The highest BCUT2D eigenvalue weighted by molar-refractivity contribution is 7.46. The third-order valence-electron chi connectivity index (χ3n) is 8.68. The smallest absolute Gasteiger partial charge is 0.462 e. The molecule has 10 heteroatoms.